The maximum atomic E-state index is 10.8. The third-order valence-electron chi connectivity index (χ3n) is 1.26. The lowest BCUT2D eigenvalue weighted by Crippen LogP contribution is -2.14. The van der Waals surface area contributed by atoms with E-state index in [1.807, 2.05) is 0 Å². The van der Waals surface area contributed by atoms with Crippen molar-refractivity contribution >= 4 is 15.8 Å². The highest BCUT2D eigenvalue weighted by Gasteiger charge is 2.15. The lowest BCUT2D eigenvalue weighted by atomic mass is 11.0. The second-order valence-electron chi connectivity index (χ2n) is 2.19. The predicted octanol–water partition coefficient (Wildman–Crippen LogP) is -1.83. The average molecular weight is 200 g/mol. The molecule has 13 heavy (non-hydrogen) atoms. The first-order chi connectivity index (χ1) is 6.07. The van der Waals surface area contributed by atoms with Crippen LogP contribution in [0.25, 0.3) is 5.78 Å². The van der Waals surface area contributed by atoms with Crippen LogP contribution in [-0.4, -0.2) is 33.0 Å². The number of nitrogens with two attached hydrogens (primary N) is 1. The van der Waals surface area contributed by atoms with Gasteiger partial charge in [-0.2, -0.15) is 14.5 Å². The lowest BCUT2D eigenvalue weighted by molar-refractivity contribution is 0.588. The van der Waals surface area contributed by atoms with Crippen LogP contribution in [0.15, 0.2) is 17.8 Å². The van der Waals surface area contributed by atoms with Crippen molar-refractivity contribution in [3.63, 3.8) is 0 Å². The summed E-state index contributed by atoms with van der Waals surface area (Å²) < 4.78 is 22.7. The molecule has 0 atom stereocenters. The summed E-state index contributed by atoms with van der Waals surface area (Å²) in [5.41, 5.74) is 0. The van der Waals surface area contributed by atoms with Gasteiger partial charge in [0.15, 0.2) is 0 Å². The Bertz CT molecular complexity index is 512. The Kier molecular flexibility index (Phi) is 1.50. The minimum atomic E-state index is -3.88. The normalized spacial score (nSPS) is 12.1. The van der Waals surface area contributed by atoms with Crippen LogP contribution in [-0.2, 0) is 10.0 Å². The standard InChI is InChI=1S/C4H4N6O2S/c5-13(11,12)4-8-3-7-1-6-2-10(3)9-4/h1-2H,(H2,5,11,12). The highest BCUT2D eigenvalue weighted by Crippen LogP contribution is 1.99. The van der Waals surface area contributed by atoms with Gasteiger partial charge in [-0.05, 0) is 0 Å². The Morgan fingerprint density at radius 3 is 2.85 bits per heavy atom. The molecule has 2 aromatic heterocycles. The van der Waals surface area contributed by atoms with Crippen LogP contribution < -0.4 is 5.14 Å². The minimum absolute atomic E-state index is 0.138. The van der Waals surface area contributed by atoms with E-state index in [1.54, 1.807) is 0 Å². The first kappa shape index (κ1) is 8.01. The van der Waals surface area contributed by atoms with Gasteiger partial charge in [0, 0.05) is 0 Å². The van der Waals surface area contributed by atoms with Crippen LogP contribution in [0.5, 0.6) is 0 Å². The van der Waals surface area contributed by atoms with Crippen molar-refractivity contribution in [2.24, 2.45) is 5.14 Å². The molecule has 0 unspecified atom stereocenters. The summed E-state index contributed by atoms with van der Waals surface area (Å²) in [4.78, 5) is 10.9. The molecule has 0 radical (unpaired) electrons. The Morgan fingerprint density at radius 2 is 2.23 bits per heavy atom. The van der Waals surface area contributed by atoms with Crippen LogP contribution in [0, 0.1) is 0 Å². The molecule has 2 N–H and O–H groups in total. The smallest absolute Gasteiger partial charge is 0.225 e. The van der Waals surface area contributed by atoms with Gasteiger partial charge >= 0.3 is 0 Å². The summed E-state index contributed by atoms with van der Waals surface area (Å²) in [6.45, 7) is 0. The van der Waals surface area contributed by atoms with Gasteiger partial charge < -0.3 is 0 Å². The molecule has 0 spiro atoms. The summed E-state index contributed by atoms with van der Waals surface area (Å²) in [6.07, 6.45) is 2.51. The summed E-state index contributed by atoms with van der Waals surface area (Å²) in [7, 11) is -3.88. The molecule has 0 aromatic carbocycles. The molecule has 2 rings (SSSR count). The third kappa shape index (κ3) is 1.34. The van der Waals surface area contributed by atoms with Crippen LogP contribution in [0.3, 0.4) is 0 Å². The number of primary sulfonamides is 1. The zero-order chi connectivity index (χ0) is 9.47. The fourth-order valence-electron chi connectivity index (χ4n) is 0.760. The highest BCUT2D eigenvalue weighted by atomic mass is 32.2. The van der Waals surface area contributed by atoms with Crippen molar-refractivity contribution in [1.29, 1.82) is 0 Å². The number of hydrogen-bond donors (Lipinski definition) is 1. The zero-order valence-corrected chi connectivity index (χ0v) is 7.01. The van der Waals surface area contributed by atoms with Crippen molar-refractivity contribution in [2.45, 2.75) is 5.16 Å². The number of aromatic nitrogens is 5. The Hall–Kier alpha value is -1.61. The van der Waals surface area contributed by atoms with Gasteiger partial charge in [0.25, 0.3) is 21.0 Å². The molecule has 0 saturated heterocycles. The fourth-order valence-corrected chi connectivity index (χ4v) is 1.17. The molecule has 2 heterocycles. The highest BCUT2D eigenvalue weighted by molar-refractivity contribution is 7.89. The van der Waals surface area contributed by atoms with E-state index in [0.29, 0.717) is 0 Å². The Labute approximate surface area is 72.5 Å². The topological polar surface area (TPSA) is 116 Å². The molecule has 0 saturated carbocycles. The van der Waals surface area contributed by atoms with Crippen LogP contribution in [0.1, 0.15) is 0 Å². The number of rotatable bonds is 1. The zero-order valence-electron chi connectivity index (χ0n) is 6.19. The third-order valence-corrected chi connectivity index (χ3v) is 1.95. The van der Waals surface area contributed by atoms with Crippen LogP contribution in [0.4, 0.5) is 0 Å². The lowest BCUT2D eigenvalue weighted by Gasteiger charge is -1.84. The van der Waals surface area contributed by atoms with Crippen molar-refractivity contribution in [1.82, 2.24) is 24.6 Å². The number of hydrogen-bond acceptors (Lipinski definition) is 6. The van der Waals surface area contributed by atoms with E-state index in [9.17, 15) is 8.42 Å². The molecule has 0 aliphatic rings. The van der Waals surface area contributed by atoms with E-state index in [4.69, 9.17) is 5.14 Å². The maximum Gasteiger partial charge on any atom is 0.284 e. The van der Waals surface area contributed by atoms with Gasteiger partial charge in [-0.3, -0.25) is 0 Å². The molecule has 0 aliphatic carbocycles. The Balaban J connectivity index is 2.77. The maximum absolute atomic E-state index is 10.8. The average Bonchev–Trinajstić information content (AvgIpc) is 2.45. The van der Waals surface area contributed by atoms with E-state index in [2.05, 4.69) is 20.1 Å². The summed E-state index contributed by atoms with van der Waals surface area (Å²) in [6, 6.07) is 0. The van der Waals surface area contributed by atoms with Gasteiger partial charge in [-0.25, -0.2) is 18.5 Å². The van der Waals surface area contributed by atoms with Crippen molar-refractivity contribution in [3.05, 3.63) is 12.7 Å². The first-order valence-electron chi connectivity index (χ1n) is 3.12. The van der Waals surface area contributed by atoms with Gasteiger partial charge in [-0.1, -0.05) is 0 Å². The molecule has 0 fully saturated rings. The van der Waals surface area contributed by atoms with Crippen molar-refractivity contribution < 1.29 is 8.42 Å². The summed E-state index contributed by atoms with van der Waals surface area (Å²) >= 11 is 0. The molecule has 0 bridgehead atoms. The molecule has 8 nitrogen and oxygen atoms in total. The van der Waals surface area contributed by atoms with E-state index < -0.39 is 15.2 Å². The van der Waals surface area contributed by atoms with Gasteiger partial charge in [0.1, 0.15) is 12.7 Å². The number of nitrogens with zero attached hydrogens (tertiary/aromatic N) is 5. The molecule has 0 amide bonds. The SMILES string of the molecule is NS(=O)(=O)c1nc2ncncn2n1. The van der Waals surface area contributed by atoms with Gasteiger partial charge in [0.2, 0.25) is 0 Å². The largest absolute Gasteiger partial charge is 0.284 e. The van der Waals surface area contributed by atoms with E-state index >= 15 is 0 Å². The predicted molar refractivity (Wildman–Crippen MR) is 40.0 cm³/mol. The monoisotopic (exact) mass is 200 g/mol. The Morgan fingerprint density at radius 1 is 1.46 bits per heavy atom. The summed E-state index contributed by atoms with van der Waals surface area (Å²) in [5.74, 6) is 0.138. The first-order valence-corrected chi connectivity index (χ1v) is 4.67. The van der Waals surface area contributed by atoms with Crippen LogP contribution >= 0.6 is 0 Å². The van der Waals surface area contributed by atoms with E-state index in [1.165, 1.54) is 12.7 Å². The fraction of sp³-hybridized carbons (Fsp3) is 0. The molecular weight excluding hydrogens is 196 g/mol. The number of sulfonamides is 1. The molecule has 9 heteroatoms. The van der Waals surface area contributed by atoms with Crippen LogP contribution in [0.2, 0.25) is 0 Å². The van der Waals surface area contributed by atoms with Crippen molar-refractivity contribution in [3.8, 4) is 0 Å². The van der Waals surface area contributed by atoms with Crippen molar-refractivity contribution in [2.75, 3.05) is 0 Å². The van der Waals surface area contributed by atoms with E-state index in [0.717, 1.165) is 4.52 Å². The molecule has 2 aromatic rings. The second kappa shape index (κ2) is 2.44. The van der Waals surface area contributed by atoms with E-state index in [-0.39, 0.29) is 5.78 Å². The minimum Gasteiger partial charge on any atom is -0.225 e. The second-order valence-corrected chi connectivity index (χ2v) is 3.65. The van der Waals surface area contributed by atoms with Gasteiger partial charge in [-0.15, -0.1) is 5.10 Å². The molecule has 0 aliphatic heterocycles. The summed E-state index contributed by atoms with van der Waals surface area (Å²) in [5, 5.41) is 7.89. The van der Waals surface area contributed by atoms with Gasteiger partial charge in [0.05, 0.1) is 0 Å². The molecule has 68 valence electrons. The quantitative estimate of drug-likeness (QED) is 0.578. The number of fused-ring (bicyclic) bond motifs is 1. The molecular formula is C4H4N6O2S.